The zero-order chi connectivity index (χ0) is 19.5. The molecular weight excluding hydrogens is 399 g/mol. The van der Waals surface area contributed by atoms with E-state index in [4.69, 9.17) is 14.5 Å². The number of aromatic nitrogens is 2. The third-order valence-electron chi connectivity index (χ3n) is 4.72. The van der Waals surface area contributed by atoms with Gasteiger partial charge in [0.15, 0.2) is 16.7 Å². The molecule has 4 rings (SSSR count). The van der Waals surface area contributed by atoms with Crippen molar-refractivity contribution in [2.24, 2.45) is 0 Å². The fraction of sp³-hybridized carbons (Fsp3) is 0.400. The monoisotopic (exact) mass is 420 g/mol. The molecule has 148 valence electrons. The van der Waals surface area contributed by atoms with Gasteiger partial charge in [-0.15, -0.1) is 11.3 Å². The number of thiophene rings is 1. The number of nitrogens with zero attached hydrogens (tertiary/aromatic N) is 2. The molecule has 3 aromatic rings. The lowest BCUT2D eigenvalue weighted by molar-refractivity contribution is 0.183. The van der Waals surface area contributed by atoms with Gasteiger partial charge >= 0.3 is 0 Å². The first-order valence-electron chi connectivity index (χ1n) is 9.23. The van der Waals surface area contributed by atoms with Crippen molar-refractivity contribution in [3.8, 4) is 5.75 Å². The van der Waals surface area contributed by atoms with Crippen LogP contribution in [0.2, 0.25) is 0 Å². The van der Waals surface area contributed by atoms with Gasteiger partial charge in [0.2, 0.25) is 0 Å². The molecule has 0 fully saturated rings. The molecule has 1 aliphatic carbocycles. The zero-order valence-corrected chi connectivity index (χ0v) is 17.2. The van der Waals surface area contributed by atoms with Crippen molar-refractivity contribution in [3.05, 3.63) is 50.9 Å². The summed E-state index contributed by atoms with van der Waals surface area (Å²) >= 11 is 3.08. The Morgan fingerprint density at radius 3 is 2.96 bits per heavy atom. The number of fused-ring (bicyclic) bond motifs is 3. The van der Waals surface area contributed by atoms with Gasteiger partial charge in [-0.1, -0.05) is 23.9 Å². The predicted molar refractivity (Wildman–Crippen MR) is 110 cm³/mol. The van der Waals surface area contributed by atoms with E-state index >= 15 is 0 Å². The highest BCUT2D eigenvalue weighted by Gasteiger charge is 2.23. The summed E-state index contributed by atoms with van der Waals surface area (Å²) < 4.78 is 26.0. The van der Waals surface area contributed by atoms with Gasteiger partial charge in [0, 0.05) is 17.7 Å². The molecular formula is C20H21FN2O3S2. The van der Waals surface area contributed by atoms with Crippen LogP contribution in [0.3, 0.4) is 0 Å². The lowest BCUT2D eigenvalue weighted by atomic mass is 10.2. The van der Waals surface area contributed by atoms with E-state index in [-0.39, 0.29) is 17.1 Å². The van der Waals surface area contributed by atoms with Crippen LogP contribution in [-0.2, 0) is 24.1 Å². The lowest BCUT2D eigenvalue weighted by Gasteiger charge is -2.12. The number of benzene rings is 1. The number of para-hydroxylation sites is 1. The smallest absolute Gasteiger partial charge is 0.263 e. The number of thioether (sulfide) groups is 1. The molecule has 0 saturated heterocycles. The molecule has 0 aliphatic heterocycles. The number of ether oxygens (including phenoxy) is 2. The van der Waals surface area contributed by atoms with E-state index in [1.54, 1.807) is 41.2 Å². The molecule has 1 aromatic carbocycles. The summed E-state index contributed by atoms with van der Waals surface area (Å²) in [6.07, 6.45) is 3.10. The minimum atomic E-state index is -0.378. The first-order valence-corrected chi connectivity index (χ1v) is 11.0. The Labute approximate surface area is 170 Å². The van der Waals surface area contributed by atoms with Crippen LogP contribution in [0, 0.1) is 5.82 Å². The average molecular weight is 421 g/mol. The molecule has 5 nitrogen and oxygen atoms in total. The molecule has 0 radical (unpaired) electrons. The Kier molecular flexibility index (Phi) is 5.99. The van der Waals surface area contributed by atoms with E-state index in [2.05, 4.69) is 0 Å². The summed E-state index contributed by atoms with van der Waals surface area (Å²) in [5.74, 6) is 0.416. The number of rotatable bonds is 8. The van der Waals surface area contributed by atoms with Gasteiger partial charge in [-0.25, -0.2) is 9.37 Å². The Morgan fingerprint density at radius 2 is 2.14 bits per heavy atom. The predicted octanol–water partition coefficient (Wildman–Crippen LogP) is 3.90. The van der Waals surface area contributed by atoms with Crippen LogP contribution in [0.25, 0.3) is 10.2 Å². The third-order valence-corrected chi connectivity index (χ3v) is 6.84. The molecule has 0 N–H and O–H groups in total. The van der Waals surface area contributed by atoms with Crippen LogP contribution in [0.15, 0.2) is 34.2 Å². The van der Waals surface area contributed by atoms with Gasteiger partial charge in [0.05, 0.1) is 25.1 Å². The third kappa shape index (κ3) is 3.81. The van der Waals surface area contributed by atoms with Crippen molar-refractivity contribution >= 4 is 33.3 Å². The fourth-order valence-corrected chi connectivity index (χ4v) is 5.54. The molecule has 0 amide bonds. The number of halogens is 1. The number of hydrogen-bond acceptors (Lipinski definition) is 6. The van der Waals surface area contributed by atoms with Crippen LogP contribution in [0.1, 0.15) is 16.9 Å². The highest BCUT2D eigenvalue weighted by Crippen LogP contribution is 2.35. The van der Waals surface area contributed by atoms with Gasteiger partial charge < -0.3 is 9.47 Å². The quantitative estimate of drug-likeness (QED) is 0.314. The topological polar surface area (TPSA) is 53.4 Å². The van der Waals surface area contributed by atoms with Crippen LogP contribution in [0.5, 0.6) is 5.75 Å². The highest BCUT2D eigenvalue weighted by molar-refractivity contribution is 7.99. The molecule has 0 unspecified atom stereocenters. The Balaban J connectivity index is 1.55. The van der Waals surface area contributed by atoms with Crippen LogP contribution < -0.4 is 10.3 Å². The van der Waals surface area contributed by atoms with Gasteiger partial charge in [-0.3, -0.25) is 9.36 Å². The van der Waals surface area contributed by atoms with E-state index in [0.717, 1.165) is 29.5 Å². The summed E-state index contributed by atoms with van der Waals surface area (Å²) in [7, 11) is 1.62. The summed E-state index contributed by atoms with van der Waals surface area (Å²) in [4.78, 5) is 20.0. The number of aryl methyl sites for hydroxylation is 2. The Hall–Kier alpha value is -1.90. The van der Waals surface area contributed by atoms with Crippen molar-refractivity contribution in [2.45, 2.75) is 31.0 Å². The second-order valence-electron chi connectivity index (χ2n) is 6.51. The first kappa shape index (κ1) is 19.4. The maximum absolute atomic E-state index is 13.6. The van der Waals surface area contributed by atoms with Crippen molar-refractivity contribution in [3.63, 3.8) is 0 Å². The van der Waals surface area contributed by atoms with Crippen LogP contribution >= 0.6 is 23.1 Å². The van der Waals surface area contributed by atoms with E-state index in [1.807, 2.05) is 0 Å². The van der Waals surface area contributed by atoms with Gasteiger partial charge in [0.25, 0.3) is 5.56 Å². The summed E-state index contributed by atoms with van der Waals surface area (Å²) in [6.45, 7) is 1.23. The minimum Gasteiger partial charge on any atom is -0.490 e. The molecule has 0 saturated carbocycles. The average Bonchev–Trinajstić information content (AvgIpc) is 3.27. The summed E-state index contributed by atoms with van der Waals surface area (Å²) in [5, 5.41) is 1.44. The number of methoxy groups -OCH3 is 1. The molecule has 1 aliphatic rings. The standard InChI is InChI=1S/C20H21FN2O3S2/c1-25-10-9-23-19(24)17-13-5-4-8-16(13)28-18(17)22-20(23)27-12-11-26-15-7-3-2-6-14(15)21/h2-3,6-7H,4-5,8-12H2,1H3. The van der Waals surface area contributed by atoms with Gasteiger partial charge in [0.1, 0.15) is 4.83 Å². The van der Waals surface area contributed by atoms with Crippen molar-refractivity contribution < 1.29 is 13.9 Å². The molecule has 2 heterocycles. The first-order chi connectivity index (χ1) is 13.7. The Bertz CT molecular complexity index is 1050. The van der Waals surface area contributed by atoms with Crippen LogP contribution in [0.4, 0.5) is 4.39 Å². The Morgan fingerprint density at radius 1 is 1.29 bits per heavy atom. The molecule has 2 aromatic heterocycles. The van der Waals surface area contributed by atoms with Gasteiger partial charge in [-0.2, -0.15) is 0 Å². The SMILES string of the molecule is COCCn1c(SCCOc2ccccc2F)nc2sc3c(c2c1=O)CCC3. The highest BCUT2D eigenvalue weighted by atomic mass is 32.2. The second kappa shape index (κ2) is 8.63. The maximum Gasteiger partial charge on any atom is 0.263 e. The van der Waals surface area contributed by atoms with Crippen molar-refractivity contribution in [2.75, 3.05) is 26.1 Å². The van der Waals surface area contributed by atoms with E-state index in [0.29, 0.717) is 30.7 Å². The molecule has 0 atom stereocenters. The van der Waals surface area contributed by atoms with E-state index < -0.39 is 0 Å². The van der Waals surface area contributed by atoms with E-state index in [9.17, 15) is 9.18 Å². The molecule has 28 heavy (non-hydrogen) atoms. The maximum atomic E-state index is 13.6. The molecule has 8 heteroatoms. The second-order valence-corrected chi connectivity index (χ2v) is 8.65. The number of hydrogen-bond donors (Lipinski definition) is 0. The minimum absolute atomic E-state index is 0.0129. The summed E-state index contributed by atoms with van der Waals surface area (Å²) in [5.41, 5.74) is 1.20. The zero-order valence-electron chi connectivity index (χ0n) is 15.6. The largest absolute Gasteiger partial charge is 0.490 e. The summed E-state index contributed by atoms with van der Waals surface area (Å²) in [6, 6.07) is 6.34. The fourth-order valence-electron chi connectivity index (χ4n) is 3.39. The lowest BCUT2D eigenvalue weighted by Crippen LogP contribution is -2.25. The van der Waals surface area contributed by atoms with Crippen LogP contribution in [-0.4, -0.2) is 35.6 Å². The molecule has 0 bridgehead atoms. The van der Waals surface area contributed by atoms with Crippen molar-refractivity contribution in [1.82, 2.24) is 9.55 Å². The van der Waals surface area contributed by atoms with E-state index in [1.165, 1.54) is 28.3 Å². The van der Waals surface area contributed by atoms with Crippen molar-refractivity contribution in [1.29, 1.82) is 0 Å². The normalized spacial score (nSPS) is 13.2. The molecule has 0 spiro atoms. The van der Waals surface area contributed by atoms with Gasteiger partial charge in [-0.05, 0) is 37.0 Å².